The number of ketones is 1. The van der Waals surface area contributed by atoms with Gasteiger partial charge >= 0.3 is 5.97 Å². The number of rotatable bonds is 11. The highest BCUT2D eigenvalue weighted by molar-refractivity contribution is 7.99. The van der Waals surface area contributed by atoms with Crippen LogP contribution in [-0.2, 0) is 11.2 Å². The first-order valence-electron chi connectivity index (χ1n) is 11.7. The summed E-state index contributed by atoms with van der Waals surface area (Å²) < 4.78 is 6.23. The summed E-state index contributed by atoms with van der Waals surface area (Å²) in [7, 11) is 0. The zero-order valence-electron chi connectivity index (χ0n) is 20.2. The molecule has 0 saturated heterocycles. The van der Waals surface area contributed by atoms with E-state index in [0.29, 0.717) is 16.9 Å². The molecule has 0 bridgehead atoms. The molecule has 0 aromatic heterocycles. The van der Waals surface area contributed by atoms with Crippen molar-refractivity contribution in [3.63, 3.8) is 0 Å². The van der Waals surface area contributed by atoms with Crippen molar-refractivity contribution in [2.45, 2.75) is 57.5 Å². The van der Waals surface area contributed by atoms with Gasteiger partial charge in [-0.3, -0.25) is 9.59 Å². The van der Waals surface area contributed by atoms with Gasteiger partial charge in [0.05, 0.1) is 17.6 Å². The third kappa shape index (κ3) is 6.51. The Labute approximate surface area is 206 Å². The predicted octanol–water partition coefficient (Wildman–Crippen LogP) is 6.93. The summed E-state index contributed by atoms with van der Waals surface area (Å²) in [6, 6.07) is 21.1. The van der Waals surface area contributed by atoms with Crippen molar-refractivity contribution in [1.82, 2.24) is 0 Å². The number of hydrogen-bond acceptors (Lipinski definition) is 4. The highest BCUT2D eigenvalue weighted by Gasteiger charge is 2.18. The molecule has 1 N–H and O–H groups in total. The number of hydrogen-bond donors (Lipinski definition) is 1. The van der Waals surface area contributed by atoms with Gasteiger partial charge in [0.1, 0.15) is 5.75 Å². The molecule has 0 heterocycles. The van der Waals surface area contributed by atoms with Crippen molar-refractivity contribution in [3.8, 4) is 5.75 Å². The van der Waals surface area contributed by atoms with Crippen LogP contribution >= 0.6 is 11.8 Å². The van der Waals surface area contributed by atoms with E-state index in [2.05, 4.69) is 6.92 Å². The van der Waals surface area contributed by atoms with E-state index in [4.69, 9.17) is 4.74 Å². The Balaban J connectivity index is 1.64. The lowest BCUT2D eigenvalue weighted by Gasteiger charge is -2.18. The first-order chi connectivity index (χ1) is 16.3. The fourth-order valence-corrected chi connectivity index (χ4v) is 4.91. The highest BCUT2D eigenvalue weighted by atomic mass is 32.2. The molecule has 34 heavy (non-hydrogen) atoms. The van der Waals surface area contributed by atoms with E-state index < -0.39 is 11.9 Å². The van der Waals surface area contributed by atoms with Crippen LogP contribution in [-0.4, -0.2) is 28.7 Å². The summed E-state index contributed by atoms with van der Waals surface area (Å²) in [6.45, 7) is 7.76. The van der Waals surface area contributed by atoms with E-state index in [1.165, 1.54) is 0 Å². The van der Waals surface area contributed by atoms with Gasteiger partial charge in [0.2, 0.25) is 0 Å². The number of carboxylic acids is 1. The summed E-state index contributed by atoms with van der Waals surface area (Å²) in [5.74, 6) is 0.111. The molecular weight excluding hydrogens is 444 g/mol. The van der Waals surface area contributed by atoms with Crippen molar-refractivity contribution < 1.29 is 19.4 Å². The van der Waals surface area contributed by atoms with Gasteiger partial charge < -0.3 is 9.84 Å². The minimum absolute atomic E-state index is 0.0290. The van der Waals surface area contributed by atoms with Gasteiger partial charge in [0, 0.05) is 16.2 Å². The van der Waals surface area contributed by atoms with Crippen LogP contribution in [0, 0.1) is 6.92 Å². The largest absolute Gasteiger partial charge is 0.490 e. The van der Waals surface area contributed by atoms with Crippen molar-refractivity contribution >= 4 is 23.5 Å². The lowest BCUT2D eigenvalue weighted by atomic mass is 9.97. The molecule has 3 aromatic carbocycles. The molecule has 178 valence electrons. The maximum Gasteiger partial charge on any atom is 0.310 e. The number of carbonyl (C=O) groups is 2. The van der Waals surface area contributed by atoms with E-state index in [-0.39, 0.29) is 11.9 Å². The number of aryl methyl sites for hydroxylation is 2. The van der Waals surface area contributed by atoms with Crippen LogP contribution in [0.15, 0.2) is 71.6 Å². The highest BCUT2D eigenvalue weighted by Crippen LogP contribution is 2.28. The maximum absolute atomic E-state index is 13.1. The molecule has 2 atom stereocenters. The molecule has 0 aliphatic heterocycles. The normalized spacial score (nSPS) is 12.7. The molecule has 4 nitrogen and oxygen atoms in total. The van der Waals surface area contributed by atoms with Crippen LogP contribution in [0.25, 0.3) is 0 Å². The van der Waals surface area contributed by atoms with Crippen LogP contribution in [0.1, 0.15) is 65.7 Å². The monoisotopic (exact) mass is 476 g/mol. The van der Waals surface area contributed by atoms with Crippen molar-refractivity contribution in [1.29, 1.82) is 0 Å². The molecule has 2 unspecified atom stereocenters. The van der Waals surface area contributed by atoms with E-state index in [1.807, 2.05) is 80.6 Å². The summed E-state index contributed by atoms with van der Waals surface area (Å²) in [5.41, 5.74) is 4.19. The average Bonchev–Trinajstić information content (AvgIpc) is 2.84. The summed E-state index contributed by atoms with van der Waals surface area (Å²) >= 11 is 1.72. The Morgan fingerprint density at radius 1 is 1.00 bits per heavy atom. The zero-order chi connectivity index (χ0) is 24.7. The van der Waals surface area contributed by atoms with Crippen molar-refractivity contribution in [2.24, 2.45) is 0 Å². The van der Waals surface area contributed by atoms with E-state index in [0.717, 1.165) is 40.2 Å². The molecule has 5 heteroatoms. The average molecular weight is 477 g/mol. The number of carboxylic acid groups (broad SMARTS) is 1. The van der Waals surface area contributed by atoms with Gasteiger partial charge in [0.25, 0.3) is 0 Å². The number of carbonyl (C=O) groups excluding carboxylic acids is 1. The Morgan fingerprint density at radius 2 is 1.74 bits per heavy atom. The fraction of sp³-hybridized carbons (Fsp3) is 0.310. The molecule has 0 aliphatic rings. The van der Waals surface area contributed by atoms with Crippen LogP contribution in [0.4, 0.5) is 0 Å². The first-order valence-corrected chi connectivity index (χ1v) is 12.6. The van der Waals surface area contributed by atoms with Crippen molar-refractivity contribution in [2.75, 3.05) is 5.75 Å². The zero-order valence-corrected chi connectivity index (χ0v) is 21.0. The van der Waals surface area contributed by atoms with Gasteiger partial charge in [-0.05, 0) is 74.6 Å². The standard InChI is InChI=1S/C29H32O4S/c1-5-22-11-14-27(26(18-22)28(30)23-9-7-6-8-10-23)33-20(3)15-16-34-24-12-13-25(19(2)17-24)21(4)29(31)32/h6-14,17-18,20-21H,5,15-16H2,1-4H3,(H,31,32). The topological polar surface area (TPSA) is 63.6 Å². The molecule has 0 radical (unpaired) electrons. The number of benzene rings is 3. The first kappa shape index (κ1) is 25.6. The molecule has 0 spiro atoms. The quantitative estimate of drug-likeness (QED) is 0.240. The third-order valence-corrected chi connectivity index (χ3v) is 6.96. The molecule has 3 rings (SSSR count). The minimum Gasteiger partial charge on any atom is -0.490 e. The SMILES string of the molecule is CCc1ccc(OC(C)CCSc2ccc(C(C)C(=O)O)c(C)c2)c(C(=O)c2ccccc2)c1. The predicted molar refractivity (Wildman–Crippen MR) is 138 cm³/mol. The van der Waals surface area contributed by atoms with Gasteiger partial charge in [-0.15, -0.1) is 11.8 Å². The van der Waals surface area contributed by atoms with E-state index in [1.54, 1.807) is 18.7 Å². The second-order valence-corrected chi connectivity index (χ2v) is 9.69. The van der Waals surface area contributed by atoms with Gasteiger partial charge in [-0.2, -0.15) is 0 Å². The molecular formula is C29H32O4S. The minimum atomic E-state index is -0.813. The lowest BCUT2D eigenvalue weighted by molar-refractivity contribution is -0.138. The molecule has 0 saturated carbocycles. The van der Waals surface area contributed by atoms with Crippen LogP contribution < -0.4 is 4.74 Å². The molecule has 0 fully saturated rings. The lowest BCUT2D eigenvalue weighted by Crippen LogP contribution is -2.15. The van der Waals surface area contributed by atoms with Crippen molar-refractivity contribution in [3.05, 3.63) is 94.5 Å². The Kier molecular flexibility index (Phi) is 8.94. The van der Waals surface area contributed by atoms with Gasteiger partial charge in [-0.1, -0.05) is 49.4 Å². The number of aliphatic carboxylic acids is 1. The van der Waals surface area contributed by atoms with E-state index in [9.17, 15) is 14.7 Å². The van der Waals surface area contributed by atoms with Crippen LogP contribution in [0.3, 0.4) is 0 Å². The smallest absolute Gasteiger partial charge is 0.310 e. The van der Waals surface area contributed by atoms with E-state index >= 15 is 0 Å². The number of thioether (sulfide) groups is 1. The van der Waals surface area contributed by atoms with Gasteiger partial charge in [0.15, 0.2) is 5.78 Å². The van der Waals surface area contributed by atoms with Crippen LogP contribution in [0.2, 0.25) is 0 Å². The Hall–Kier alpha value is -3.05. The summed E-state index contributed by atoms with van der Waals surface area (Å²) in [5, 5.41) is 9.26. The molecule has 0 amide bonds. The van der Waals surface area contributed by atoms with Crippen LogP contribution in [0.5, 0.6) is 5.75 Å². The Morgan fingerprint density at radius 3 is 2.38 bits per heavy atom. The summed E-state index contributed by atoms with van der Waals surface area (Å²) in [6.07, 6.45) is 1.60. The van der Waals surface area contributed by atoms with Gasteiger partial charge in [-0.25, -0.2) is 0 Å². The summed E-state index contributed by atoms with van der Waals surface area (Å²) in [4.78, 5) is 25.5. The second kappa shape index (κ2) is 11.9. The molecule has 0 aliphatic carbocycles. The Bertz CT molecular complexity index is 1140. The second-order valence-electron chi connectivity index (χ2n) is 8.52. The maximum atomic E-state index is 13.1. The third-order valence-electron chi connectivity index (χ3n) is 5.93. The molecule has 3 aromatic rings. The number of ether oxygens (including phenoxy) is 1. The fourth-order valence-electron chi connectivity index (χ4n) is 3.80.